The first-order valence-corrected chi connectivity index (χ1v) is 8.20. The van der Waals surface area contributed by atoms with Crippen molar-refractivity contribution in [1.82, 2.24) is 15.1 Å². The predicted octanol–water partition coefficient (Wildman–Crippen LogP) is 2.04. The van der Waals surface area contributed by atoms with E-state index in [1.165, 1.54) is 39.0 Å². The maximum atomic E-state index is 3.76. The predicted molar refractivity (Wildman–Crippen MR) is 82.5 cm³/mol. The minimum absolute atomic E-state index is 0.676. The minimum atomic E-state index is 0.676. The van der Waals surface area contributed by atoms with Crippen LogP contribution < -0.4 is 5.32 Å². The average Bonchev–Trinajstić information content (AvgIpc) is 2.38. The van der Waals surface area contributed by atoms with Gasteiger partial charge in [-0.05, 0) is 38.3 Å². The molecule has 3 heteroatoms. The zero-order valence-electron chi connectivity index (χ0n) is 13.5. The normalized spacial score (nSPS) is 38.8. The van der Waals surface area contributed by atoms with Crippen molar-refractivity contribution in [3.05, 3.63) is 0 Å². The molecular formula is C16H33N3. The summed E-state index contributed by atoms with van der Waals surface area (Å²) in [4.78, 5) is 5.34. The van der Waals surface area contributed by atoms with E-state index in [9.17, 15) is 0 Å². The summed E-state index contributed by atoms with van der Waals surface area (Å²) in [5, 5.41) is 3.76. The van der Waals surface area contributed by atoms with Crippen molar-refractivity contribution in [2.45, 2.75) is 58.7 Å². The Morgan fingerprint density at radius 3 is 2.58 bits per heavy atom. The van der Waals surface area contributed by atoms with Crippen molar-refractivity contribution >= 4 is 0 Å². The van der Waals surface area contributed by atoms with E-state index in [0.29, 0.717) is 6.04 Å². The summed E-state index contributed by atoms with van der Waals surface area (Å²) in [5.41, 5.74) is 0. The van der Waals surface area contributed by atoms with E-state index in [1.54, 1.807) is 0 Å². The van der Waals surface area contributed by atoms with Gasteiger partial charge < -0.3 is 10.2 Å². The Balaban J connectivity index is 2.05. The van der Waals surface area contributed by atoms with Crippen molar-refractivity contribution in [3.63, 3.8) is 0 Å². The van der Waals surface area contributed by atoms with Gasteiger partial charge in [0.15, 0.2) is 0 Å². The lowest BCUT2D eigenvalue weighted by Crippen LogP contribution is -2.63. The summed E-state index contributed by atoms with van der Waals surface area (Å²) in [5.74, 6) is 1.54. The highest BCUT2D eigenvalue weighted by Gasteiger charge is 2.36. The monoisotopic (exact) mass is 267 g/mol. The summed E-state index contributed by atoms with van der Waals surface area (Å²) in [7, 11) is 2.26. The smallest absolute Gasteiger partial charge is 0.0221 e. The van der Waals surface area contributed by atoms with Crippen molar-refractivity contribution in [1.29, 1.82) is 0 Å². The Hall–Kier alpha value is -0.120. The van der Waals surface area contributed by atoms with Gasteiger partial charge >= 0.3 is 0 Å². The average molecular weight is 267 g/mol. The quantitative estimate of drug-likeness (QED) is 0.844. The Bertz CT molecular complexity index is 279. The Labute approximate surface area is 119 Å². The lowest BCUT2D eigenvalue weighted by Gasteiger charge is -2.49. The van der Waals surface area contributed by atoms with Gasteiger partial charge in [0.1, 0.15) is 0 Å². The van der Waals surface area contributed by atoms with Gasteiger partial charge in [0.05, 0.1) is 0 Å². The summed E-state index contributed by atoms with van der Waals surface area (Å²) in [6.45, 7) is 14.4. The van der Waals surface area contributed by atoms with Crippen LogP contribution in [0.25, 0.3) is 0 Å². The number of piperidine rings is 1. The number of nitrogens with zero attached hydrogens (tertiary/aromatic N) is 2. The fourth-order valence-corrected chi connectivity index (χ4v) is 3.91. The summed E-state index contributed by atoms with van der Waals surface area (Å²) in [6.07, 6.45) is 2.62. The molecule has 0 saturated carbocycles. The van der Waals surface area contributed by atoms with Crippen LogP contribution in [0, 0.1) is 11.8 Å². The number of hydrogen-bond donors (Lipinski definition) is 1. The van der Waals surface area contributed by atoms with Crippen LogP contribution in [0.3, 0.4) is 0 Å². The number of hydrogen-bond acceptors (Lipinski definition) is 3. The molecule has 4 atom stereocenters. The van der Waals surface area contributed by atoms with Gasteiger partial charge in [-0.1, -0.05) is 27.7 Å². The second-order valence-corrected chi connectivity index (χ2v) is 7.11. The molecule has 0 aliphatic carbocycles. The zero-order valence-corrected chi connectivity index (χ0v) is 13.5. The molecular weight excluding hydrogens is 234 g/mol. The third-order valence-corrected chi connectivity index (χ3v) is 5.26. The molecule has 112 valence electrons. The molecule has 4 unspecified atom stereocenters. The summed E-state index contributed by atoms with van der Waals surface area (Å²) < 4.78 is 0. The van der Waals surface area contributed by atoms with Crippen LogP contribution in [-0.2, 0) is 0 Å². The van der Waals surface area contributed by atoms with Gasteiger partial charge in [0, 0.05) is 37.8 Å². The first kappa shape index (κ1) is 15.3. The van der Waals surface area contributed by atoms with Crippen molar-refractivity contribution in [3.8, 4) is 0 Å². The molecule has 2 rings (SSSR count). The molecule has 0 radical (unpaired) electrons. The van der Waals surface area contributed by atoms with E-state index in [4.69, 9.17) is 0 Å². The standard InChI is InChI=1S/C16H33N3/c1-6-14-9-17-15(12(2)3)11-19(14)16-7-8-18(5)10-13(16)4/h12-17H,6-11H2,1-5H3. The Morgan fingerprint density at radius 1 is 1.26 bits per heavy atom. The van der Waals surface area contributed by atoms with E-state index in [0.717, 1.165) is 23.9 Å². The van der Waals surface area contributed by atoms with Gasteiger partial charge in [-0.25, -0.2) is 0 Å². The number of rotatable bonds is 3. The second kappa shape index (κ2) is 6.55. The Morgan fingerprint density at radius 2 is 2.00 bits per heavy atom. The zero-order chi connectivity index (χ0) is 14.0. The highest BCUT2D eigenvalue weighted by Crippen LogP contribution is 2.27. The van der Waals surface area contributed by atoms with E-state index >= 15 is 0 Å². The largest absolute Gasteiger partial charge is 0.311 e. The van der Waals surface area contributed by atoms with E-state index < -0.39 is 0 Å². The van der Waals surface area contributed by atoms with Gasteiger partial charge in [-0.15, -0.1) is 0 Å². The molecule has 2 heterocycles. The first-order valence-electron chi connectivity index (χ1n) is 8.20. The molecule has 0 spiro atoms. The maximum Gasteiger partial charge on any atom is 0.0221 e. The van der Waals surface area contributed by atoms with Crippen LogP contribution in [0.15, 0.2) is 0 Å². The fraction of sp³-hybridized carbons (Fsp3) is 1.00. The first-order chi connectivity index (χ1) is 9.02. The molecule has 0 aromatic heterocycles. The van der Waals surface area contributed by atoms with Crippen molar-refractivity contribution in [2.75, 3.05) is 33.2 Å². The molecule has 19 heavy (non-hydrogen) atoms. The lowest BCUT2D eigenvalue weighted by molar-refractivity contribution is 0.00993. The molecule has 2 saturated heterocycles. The van der Waals surface area contributed by atoms with E-state index in [2.05, 4.69) is 49.9 Å². The van der Waals surface area contributed by atoms with Crippen LogP contribution in [0.5, 0.6) is 0 Å². The van der Waals surface area contributed by atoms with Crippen molar-refractivity contribution < 1.29 is 0 Å². The Kier molecular flexibility index (Phi) is 5.27. The minimum Gasteiger partial charge on any atom is -0.311 e. The number of nitrogens with one attached hydrogen (secondary N) is 1. The van der Waals surface area contributed by atoms with E-state index in [-0.39, 0.29) is 0 Å². The molecule has 0 bridgehead atoms. The molecule has 2 fully saturated rings. The third kappa shape index (κ3) is 3.50. The molecule has 2 aliphatic rings. The van der Waals surface area contributed by atoms with Gasteiger partial charge in [0.25, 0.3) is 0 Å². The highest BCUT2D eigenvalue weighted by molar-refractivity contribution is 4.94. The maximum absolute atomic E-state index is 3.76. The molecule has 2 aliphatic heterocycles. The third-order valence-electron chi connectivity index (χ3n) is 5.26. The topological polar surface area (TPSA) is 18.5 Å². The molecule has 0 amide bonds. The van der Waals surface area contributed by atoms with Gasteiger partial charge in [-0.2, -0.15) is 0 Å². The highest BCUT2D eigenvalue weighted by atomic mass is 15.3. The van der Waals surface area contributed by atoms with Crippen LogP contribution in [0.4, 0.5) is 0 Å². The SMILES string of the molecule is CCC1CNC(C(C)C)CN1C1CCN(C)CC1C. The fourth-order valence-electron chi connectivity index (χ4n) is 3.91. The lowest BCUT2D eigenvalue weighted by atomic mass is 9.88. The number of likely N-dealkylation sites (tertiary alicyclic amines) is 1. The van der Waals surface area contributed by atoms with Crippen LogP contribution in [0.1, 0.15) is 40.5 Å². The van der Waals surface area contributed by atoms with Crippen molar-refractivity contribution in [2.24, 2.45) is 11.8 Å². The number of piperazine rings is 1. The van der Waals surface area contributed by atoms with Gasteiger partial charge in [0.2, 0.25) is 0 Å². The summed E-state index contributed by atoms with van der Waals surface area (Å²) >= 11 is 0. The van der Waals surface area contributed by atoms with Crippen LogP contribution in [-0.4, -0.2) is 61.2 Å². The molecule has 0 aromatic rings. The molecule has 1 N–H and O–H groups in total. The molecule has 3 nitrogen and oxygen atoms in total. The van der Waals surface area contributed by atoms with Crippen LogP contribution >= 0.6 is 0 Å². The van der Waals surface area contributed by atoms with Gasteiger partial charge in [-0.3, -0.25) is 4.90 Å². The van der Waals surface area contributed by atoms with Crippen LogP contribution in [0.2, 0.25) is 0 Å². The van der Waals surface area contributed by atoms with E-state index in [1.807, 2.05) is 0 Å². The molecule has 0 aromatic carbocycles. The second-order valence-electron chi connectivity index (χ2n) is 7.11. The summed E-state index contributed by atoms with van der Waals surface area (Å²) in [6, 6.07) is 2.21.